The van der Waals surface area contributed by atoms with Crippen molar-refractivity contribution in [2.75, 3.05) is 40.0 Å². The zero-order valence-corrected chi connectivity index (χ0v) is 20.5. The van der Waals surface area contributed by atoms with E-state index in [0.717, 1.165) is 0 Å². The maximum atomic E-state index is 13.7. The topological polar surface area (TPSA) is 94.5 Å². The molecule has 2 aliphatic heterocycles. The minimum Gasteiger partial charge on any atom is -0.497 e. The van der Waals surface area contributed by atoms with Crippen molar-refractivity contribution in [3.8, 4) is 5.75 Å². The fraction of sp³-hybridized carbons (Fsp3) is 0.385. The number of methoxy groups -OCH3 is 1. The van der Waals surface area contributed by atoms with Gasteiger partial charge in [0.25, 0.3) is 5.91 Å². The van der Waals surface area contributed by atoms with Crippen molar-refractivity contribution in [1.82, 2.24) is 4.90 Å². The van der Waals surface area contributed by atoms with E-state index in [1.165, 1.54) is 11.8 Å². The molecule has 0 aromatic heterocycles. The van der Waals surface area contributed by atoms with E-state index in [2.05, 4.69) is 4.99 Å². The van der Waals surface area contributed by atoms with Crippen molar-refractivity contribution >= 4 is 34.6 Å². The quantitative estimate of drug-likeness (QED) is 0.313. The van der Waals surface area contributed by atoms with Gasteiger partial charge >= 0.3 is 5.97 Å². The van der Waals surface area contributed by atoms with Crippen LogP contribution in [0.25, 0.3) is 0 Å². The first-order valence-electron chi connectivity index (χ1n) is 11.5. The van der Waals surface area contributed by atoms with Gasteiger partial charge in [0, 0.05) is 24.6 Å². The number of carbonyl (C=O) groups excluding carboxylic acids is 3. The zero-order valence-electron chi connectivity index (χ0n) is 19.7. The van der Waals surface area contributed by atoms with Gasteiger partial charge in [0.2, 0.25) is 0 Å². The summed E-state index contributed by atoms with van der Waals surface area (Å²) < 4.78 is 16.1. The van der Waals surface area contributed by atoms with Crippen LogP contribution < -0.4 is 4.74 Å². The second kappa shape index (κ2) is 11.5. The third kappa shape index (κ3) is 5.57. The molecule has 0 bridgehead atoms. The summed E-state index contributed by atoms with van der Waals surface area (Å²) in [6, 6.07) is 15.7. The van der Waals surface area contributed by atoms with E-state index in [0.29, 0.717) is 48.3 Å². The van der Waals surface area contributed by atoms with Crippen LogP contribution in [0.2, 0.25) is 0 Å². The number of carbonyl (C=O) groups is 3. The molecule has 2 aromatic rings. The van der Waals surface area contributed by atoms with Gasteiger partial charge in [-0.2, -0.15) is 4.99 Å². The van der Waals surface area contributed by atoms with Gasteiger partial charge in [-0.25, -0.2) is 0 Å². The standard InChI is InChI=1S/C26H28N2O6S/c1-3-34-25(31)21(22(29)18-7-5-4-6-8-18)20(17-9-11-19(32-2)12-10-17)23-24(30)27-26(35-23)28-13-15-33-16-14-28/h4-12,20-21,23H,3,13-16H2,1-2H3. The second-order valence-corrected chi connectivity index (χ2v) is 9.24. The van der Waals surface area contributed by atoms with E-state index < -0.39 is 28.8 Å². The number of hydrogen-bond donors (Lipinski definition) is 0. The SMILES string of the molecule is CCOC(=O)C(C(=O)c1ccccc1)C(c1ccc(OC)cc1)C1SC(N2CCOCC2)=NC1=O. The predicted molar refractivity (Wildman–Crippen MR) is 133 cm³/mol. The van der Waals surface area contributed by atoms with Crippen molar-refractivity contribution in [3.05, 3.63) is 65.7 Å². The molecule has 0 aliphatic carbocycles. The average molecular weight is 497 g/mol. The lowest BCUT2D eigenvalue weighted by molar-refractivity contribution is -0.147. The highest BCUT2D eigenvalue weighted by Gasteiger charge is 2.47. The number of thioether (sulfide) groups is 1. The molecule has 9 heteroatoms. The molecule has 0 radical (unpaired) electrons. The summed E-state index contributed by atoms with van der Waals surface area (Å²) in [4.78, 5) is 46.6. The van der Waals surface area contributed by atoms with Crippen LogP contribution in [0, 0.1) is 5.92 Å². The summed E-state index contributed by atoms with van der Waals surface area (Å²) in [6.45, 7) is 4.18. The molecule has 0 saturated carbocycles. The van der Waals surface area contributed by atoms with E-state index in [1.807, 2.05) is 4.90 Å². The van der Waals surface area contributed by atoms with Gasteiger partial charge in [0.15, 0.2) is 11.0 Å². The molecule has 2 aromatic carbocycles. The van der Waals surface area contributed by atoms with Crippen molar-refractivity contribution < 1.29 is 28.6 Å². The Labute approximate surface area is 208 Å². The van der Waals surface area contributed by atoms with Crippen LogP contribution in [-0.4, -0.2) is 73.0 Å². The first-order valence-corrected chi connectivity index (χ1v) is 12.4. The van der Waals surface area contributed by atoms with Crippen LogP contribution >= 0.6 is 11.8 Å². The van der Waals surface area contributed by atoms with Gasteiger partial charge in [-0.1, -0.05) is 54.2 Å². The number of esters is 1. The summed E-state index contributed by atoms with van der Waals surface area (Å²) in [5, 5.41) is -0.167. The molecule has 2 heterocycles. The second-order valence-electron chi connectivity index (χ2n) is 8.13. The van der Waals surface area contributed by atoms with Crippen LogP contribution in [0.1, 0.15) is 28.8 Å². The van der Waals surface area contributed by atoms with Gasteiger partial charge in [-0.15, -0.1) is 0 Å². The van der Waals surface area contributed by atoms with Gasteiger partial charge in [-0.3, -0.25) is 14.4 Å². The summed E-state index contributed by atoms with van der Waals surface area (Å²) in [7, 11) is 1.56. The number of nitrogens with zero attached hydrogens (tertiary/aromatic N) is 2. The number of hydrogen-bond acceptors (Lipinski definition) is 8. The van der Waals surface area contributed by atoms with Gasteiger partial charge < -0.3 is 19.1 Å². The highest BCUT2D eigenvalue weighted by atomic mass is 32.2. The molecular formula is C26H28N2O6S. The van der Waals surface area contributed by atoms with Gasteiger partial charge in [-0.05, 0) is 24.6 Å². The third-order valence-electron chi connectivity index (χ3n) is 6.03. The molecule has 35 heavy (non-hydrogen) atoms. The predicted octanol–water partition coefficient (Wildman–Crippen LogP) is 3.17. The van der Waals surface area contributed by atoms with E-state index in [4.69, 9.17) is 14.2 Å². The Morgan fingerprint density at radius 3 is 2.43 bits per heavy atom. The minimum absolute atomic E-state index is 0.119. The van der Waals surface area contributed by atoms with Gasteiger partial charge in [0.1, 0.15) is 16.9 Å². The Hall–Kier alpha value is -3.17. The highest BCUT2D eigenvalue weighted by molar-refractivity contribution is 8.15. The van der Waals surface area contributed by atoms with Gasteiger partial charge in [0.05, 0.1) is 26.9 Å². The number of amides is 1. The maximum absolute atomic E-state index is 13.7. The number of Topliss-reactive ketones (excluding diaryl/α,β-unsaturated/α-hetero) is 1. The lowest BCUT2D eigenvalue weighted by Gasteiger charge is -2.30. The lowest BCUT2D eigenvalue weighted by atomic mass is 9.78. The maximum Gasteiger partial charge on any atom is 0.317 e. The molecule has 0 N–H and O–H groups in total. The van der Waals surface area contributed by atoms with Crippen molar-refractivity contribution in [1.29, 1.82) is 0 Å². The number of morpholine rings is 1. The molecule has 0 spiro atoms. The Morgan fingerprint density at radius 2 is 1.80 bits per heavy atom. The van der Waals surface area contributed by atoms with Crippen LogP contribution in [-0.2, 0) is 19.1 Å². The largest absolute Gasteiger partial charge is 0.497 e. The molecule has 3 unspecified atom stereocenters. The van der Waals surface area contributed by atoms with Crippen molar-refractivity contribution in [2.24, 2.45) is 10.9 Å². The highest BCUT2D eigenvalue weighted by Crippen LogP contribution is 2.42. The molecule has 1 fully saturated rings. The smallest absolute Gasteiger partial charge is 0.317 e. The molecule has 8 nitrogen and oxygen atoms in total. The Balaban J connectivity index is 1.75. The summed E-state index contributed by atoms with van der Waals surface area (Å²) in [5.41, 5.74) is 1.05. The zero-order chi connectivity index (χ0) is 24.8. The van der Waals surface area contributed by atoms with Crippen LogP contribution in [0.4, 0.5) is 0 Å². The normalized spacial score (nSPS) is 19.6. The lowest BCUT2D eigenvalue weighted by Crippen LogP contribution is -2.40. The van der Waals surface area contributed by atoms with Crippen molar-refractivity contribution in [3.63, 3.8) is 0 Å². The van der Waals surface area contributed by atoms with E-state index in [-0.39, 0.29) is 12.5 Å². The summed E-state index contributed by atoms with van der Waals surface area (Å²) in [6.07, 6.45) is 0. The number of aliphatic imine (C=N–C) groups is 1. The Bertz CT molecular complexity index is 1080. The van der Waals surface area contributed by atoms with E-state index >= 15 is 0 Å². The van der Waals surface area contributed by atoms with Crippen LogP contribution in [0.3, 0.4) is 0 Å². The number of rotatable bonds is 8. The molecule has 1 saturated heterocycles. The number of benzene rings is 2. The molecule has 1 amide bonds. The van der Waals surface area contributed by atoms with Crippen LogP contribution in [0.15, 0.2) is 59.6 Å². The number of ether oxygens (including phenoxy) is 3. The average Bonchev–Trinajstić information content (AvgIpc) is 3.29. The summed E-state index contributed by atoms with van der Waals surface area (Å²) in [5.74, 6) is -2.79. The first kappa shape index (κ1) is 24.9. The van der Waals surface area contributed by atoms with Crippen LogP contribution in [0.5, 0.6) is 5.75 Å². The van der Waals surface area contributed by atoms with E-state index in [9.17, 15) is 14.4 Å². The number of amidine groups is 1. The van der Waals surface area contributed by atoms with E-state index in [1.54, 1.807) is 68.6 Å². The Morgan fingerprint density at radius 1 is 1.11 bits per heavy atom. The molecule has 2 aliphatic rings. The fourth-order valence-electron chi connectivity index (χ4n) is 4.27. The van der Waals surface area contributed by atoms with Crippen molar-refractivity contribution in [2.45, 2.75) is 18.1 Å². The molecule has 4 rings (SSSR count). The fourth-order valence-corrected chi connectivity index (χ4v) is 5.59. The summed E-state index contributed by atoms with van der Waals surface area (Å²) >= 11 is 1.29. The Kier molecular flexibility index (Phi) is 8.20. The third-order valence-corrected chi connectivity index (χ3v) is 7.34. The minimum atomic E-state index is -1.22. The monoisotopic (exact) mass is 496 g/mol. The molecule has 3 atom stereocenters. The number of ketones is 1. The first-order chi connectivity index (χ1) is 17.0. The molecular weight excluding hydrogens is 468 g/mol. The molecule has 184 valence electrons.